The highest BCUT2D eigenvalue weighted by Gasteiger charge is 2.10. The first-order valence-corrected chi connectivity index (χ1v) is 6.57. The molecule has 0 saturated heterocycles. The largest absolute Gasteiger partial charge is 0.417 e. The van der Waals surface area contributed by atoms with Gasteiger partial charge in [0.15, 0.2) is 0 Å². The summed E-state index contributed by atoms with van der Waals surface area (Å²) in [7, 11) is 0. The van der Waals surface area contributed by atoms with E-state index < -0.39 is 6.09 Å². The molecule has 0 unspecified atom stereocenters. The van der Waals surface area contributed by atoms with Crippen LogP contribution in [-0.2, 0) is 6.54 Å². The van der Waals surface area contributed by atoms with Crippen molar-refractivity contribution in [1.29, 1.82) is 0 Å². The number of amides is 1. The Morgan fingerprint density at radius 3 is 2.50 bits per heavy atom. The highest BCUT2D eigenvalue weighted by Crippen LogP contribution is 2.26. The molecule has 20 heavy (non-hydrogen) atoms. The van der Waals surface area contributed by atoms with Crippen molar-refractivity contribution in [1.82, 2.24) is 0 Å². The number of benzene rings is 2. The lowest BCUT2D eigenvalue weighted by Gasteiger charge is -2.10. The number of carbonyl (C=O) groups excluding carboxylic acids is 1. The van der Waals surface area contributed by atoms with E-state index in [0.717, 1.165) is 5.56 Å². The fourth-order valence-corrected chi connectivity index (χ4v) is 1.96. The van der Waals surface area contributed by atoms with E-state index in [1.54, 1.807) is 42.5 Å². The summed E-state index contributed by atoms with van der Waals surface area (Å²) in [6.45, 7) is 0.292. The summed E-state index contributed by atoms with van der Waals surface area (Å²) in [6.07, 6.45) is -0.636. The molecule has 0 bridgehead atoms. The summed E-state index contributed by atoms with van der Waals surface area (Å²) >= 11 is 11.9. The Labute approximate surface area is 126 Å². The van der Waals surface area contributed by atoms with Gasteiger partial charge in [0.05, 0.1) is 10.7 Å². The van der Waals surface area contributed by atoms with Gasteiger partial charge >= 0.3 is 6.09 Å². The van der Waals surface area contributed by atoms with Crippen LogP contribution in [0.3, 0.4) is 0 Å². The average molecular weight is 311 g/mol. The molecule has 0 heterocycles. The van der Waals surface area contributed by atoms with Gasteiger partial charge in [0.2, 0.25) is 0 Å². The summed E-state index contributed by atoms with van der Waals surface area (Å²) in [4.78, 5) is 11.8. The minimum Gasteiger partial charge on any atom is -0.410 e. The number of hydrogen-bond donors (Lipinski definition) is 2. The smallest absolute Gasteiger partial charge is 0.410 e. The van der Waals surface area contributed by atoms with Gasteiger partial charge in [0, 0.05) is 11.6 Å². The quantitative estimate of drug-likeness (QED) is 0.898. The van der Waals surface area contributed by atoms with Crippen molar-refractivity contribution in [2.24, 2.45) is 5.73 Å². The summed E-state index contributed by atoms with van der Waals surface area (Å²) in [5.41, 5.74) is 6.75. The van der Waals surface area contributed by atoms with Gasteiger partial charge in [0.1, 0.15) is 5.75 Å². The zero-order chi connectivity index (χ0) is 14.5. The van der Waals surface area contributed by atoms with Crippen molar-refractivity contribution in [2.45, 2.75) is 6.54 Å². The Bertz CT molecular complexity index is 615. The molecule has 0 aromatic heterocycles. The Morgan fingerprint density at radius 2 is 1.85 bits per heavy atom. The molecule has 104 valence electrons. The molecule has 0 aliphatic carbocycles. The highest BCUT2D eigenvalue weighted by atomic mass is 35.5. The van der Waals surface area contributed by atoms with Crippen LogP contribution in [0.2, 0.25) is 10.0 Å². The van der Waals surface area contributed by atoms with Gasteiger partial charge < -0.3 is 10.5 Å². The Morgan fingerprint density at radius 1 is 1.15 bits per heavy atom. The molecule has 4 nitrogen and oxygen atoms in total. The molecule has 0 aliphatic heterocycles. The molecule has 2 aromatic carbocycles. The average Bonchev–Trinajstić information content (AvgIpc) is 2.44. The summed E-state index contributed by atoms with van der Waals surface area (Å²) in [5.74, 6) is 0.387. The molecule has 0 spiro atoms. The van der Waals surface area contributed by atoms with Crippen LogP contribution in [0.1, 0.15) is 5.56 Å². The van der Waals surface area contributed by atoms with E-state index >= 15 is 0 Å². The third-order valence-corrected chi connectivity index (χ3v) is 3.26. The monoisotopic (exact) mass is 310 g/mol. The van der Waals surface area contributed by atoms with Gasteiger partial charge in [-0.3, -0.25) is 5.32 Å². The molecule has 0 aliphatic rings. The first kappa shape index (κ1) is 14.7. The Balaban J connectivity index is 2.06. The number of halogens is 2. The molecule has 0 fully saturated rings. The number of ether oxygens (including phenoxy) is 1. The standard InChI is InChI=1S/C14H12Cl2N2O2/c15-10-4-6-11(7-5-10)20-14(19)18-12-3-1-2-9(8-17)13(12)16/h1-7H,8,17H2,(H,18,19). The lowest BCUT2D eigenvalue weighted by Crippen LogP contribution is -2.17. The van der Waals surface area contributed by atoms with Gasteiger partial charge in [-0.1, -0.05) is 35.3 Å². The second-order valence-corrected chi connectivity index (χ2v) is 4.77. The maximum atomic E-state index is 11.8. The predicted molar refractivity (Wildman–Crippen MR) is 80.4 cm³/mol. The lowest BCUT2D eigenvalue weighted by molar-refractivity contribution is 0.215. The van der Waals surface area contributed by atoms with Crippen LogP contribution in [-0.4, -0.2) is 6.09 Å². The number of nitrogens with two attached hydrogens (primary N) is 1. The number of rotatable bonds is 3. The van der Waals surface area contributed by atoms with Crippen LogP contribution in [0, 0.1) is 0 Å². The normalized spacial score (nSPS) is 10.2. The SMILES string of the molecule is NCc1cccc(NC(=O)Oc2ccc(Cl)cc2)c1Cl. The first-order chi connectivity index (χ1) is 9.60. The molecule has 2 rings (SSSR count). The summed E-state index contributed by atoms with van der Waals surface area (Å²) < 4.78 is 5.10. The summed E-state index contributed by atoms with van der Waals surface area (Å²) in [5, 5.41) is 3.54. The minimum atomic E-state index is -0.636. The molecular formula is C14H12Cl2N2O2. The van der Waals surface area contributed by atoms with E-state index in [9.17, 15) is 4.79 Å². The topological polar surface area (TPSA) is 64.3 Å². The van der Waals surface area contributed by atoms with Gasteiger partial charge in [-0.05, 0) is 35.9 Å². The number of hydrogen-bond acceptors (Lipinski definition) is 3. The van der Waals surface area contributed by atoms with E-state index in [4.69, 9.17) is 33.7 Å². The molecule has 0 saturated carbocycles. The van der Waals surface area contributed by atoms with Gasteiger partial charge in [-0.25, -0.2) is 4.79 Å². The molecule has 0 radical (unpaired) electrons. The van der Waals surface area contributed by atoms with Crippen LogP contribution < -0.4 is 15.8 Å². The zero-order valence-electron chi connectivity index (χ0n) is 10.4. The van der Waals surface area contributed by atoms with Crippen molar-refractivity contribution in [3.05, 3.63) is 58.1 Å². The molecular weight excluding hydrogens is 299 g/mol. The Kier molecular flexibility index (Phi) is 4.84. The second kappa shape index (κ2) is 6.61. The maximum absolute atomic E-state index is 11.8. The van der Waals surface area contributed by atoms with Gasteiger partial charge in [0.25, 0.3) is 0 Å². The van der Waals surface area contributed by atoms with Crippen LogP contribution >= 0.6 is 23.2 Å². The van der Waals surface area contributed by atoms with Crippen molar-refractivity contribution >= 4 is 35.0 Å². The third kappa shape index (κ3) is 3.63. The first-order valence-electron chi connectivity index (χ1n) is 5.82. The van der Waals surface area contributed by atoms with Crippen LogP contribution in [0.4, 0.5) is 10.5 Å². The molecule has 0 atom stereocenters. The predicted octanol–water partition coefficient (Wildman–Crippen LogP) is 4.06. The van der Waals surface area contributed by atoms with E-state index in [2.05, 4.69) is 5.32 Å². The fraction of sp³-hybridized carbons (Fsp3) is 0.0714. The number of carbonyl (C=O) groups is 1. The van der Waals surface area contributed by atoms with Crippen LogP contribution in [0.5, 0.6) is 5.75 Å². The van der Waals surface area contributed by atoms with Crippen LogP contribution in [0.15, 0.2) is 42.5 Å². The van der Waals surface area contributed by atoms with Gasteiger partial charge in [-0.15, -0.1) is 0 Å². The Hall–Kier alpha value is -1.75. The summed E-state index contributed by atoms with van der Waals surface area (Å²) in [6, 6.07) is 11.7. The fourth-order valence-electron chi connectivity index (χ4n) is 1.58. The van der Waals surface area contributed by atoms with E-state index in [0.29, 0.717) is 28.0 Å². The molecule has 2 aromatic rings. The third-order valence-electron chi connectivity index (χ3n) is 2.56. The van der Waals surface area contributed by atoms with Crippen molar-refractivity contribution in [2.75, 3.05) is 5.32 Å². The lowest BCUT2D eigenvalue weighted by atomic mass is 10.2. The second-order valence-electron chi connectivity index (χ2n) is 3.95. The van der Waals surface area contributed by atoms with Crippen molar-refractivity contribution in [3.8, 4) is 5.75 Å². The maximum Gasteiger partial charge on any atom is 0.417 e. The van der Waals surface area contributed by atoms with Gasteiger partial charge in [-0.2, -0.15) is 0 Å². The number of nitrogens with one attached hydrogen (secondary N) is 1. The van der Waals surface area contributed by atoms with Crippen LogP contribution in [0.25, 0.3) is 0 Å². The van der Waals surface area contributed by atoms with Crippen molar-refractivity contribution < 1.29 is 9.53 Å². The van der Waals surface area contributed by atoms with E-state index in [-0.39, 0.29) is 0 Å². The van der Waals surface area contributed by atoms with E-state index in [1.165, 1.54) is 0 Å². The minimum absolute atomic E-state index is 0.292. The molecule has 6 heteroatoms. The zero-order valence-corrected chi connectivity index (χ0v) is 11.9. The number of anilines is 1. The molecule has 3 N–H and O–H groups in total. The highest BCUT2D eigenvalue weighted by molar-refractivity contribution is 6.34. The van der Waals surface area contributed by atoms with Crippen molar-refractivity contribution in [3.63, 3.8) is 0 Å². The van der Waals surface area contributed by atoms with E-state index in [1.807, 2.05) is 0 Å². The molecule has 1 amide bonds.